The standard InChI is InChI=1S/C20H21ClN2O4S/c1-11-17-14(24)8-20(2,3)9-15(17)27-18(11)19(26)23-22-16(25)10-28-13-6-4-12(21)5-7-13/h4-7H,8-10H2,1-3H3,(H,22,25)(H,23,26). The summed E-state index contributed by atoms with van der Waals surface area (Å²) < 4.78 is 5.68. The first kappa shape index (κ1) is 20.5. The van der Waals surface area contributed by atoms with Gasteiger partial charge in [-0.15, -0.1) is 11.8 Å². The van der Waals surface area contributed by atoms with E-state index in [4.69, 9.17) is 16.0 Å². The highest BCUT2D eigenvalue weighted by atomic mass is 35.5. The number of ketones is 1. The van der Waals surface area contributed by atoms with E-state index in [1.807, 2.05) is 26.0 Å². The lowest BCUT2D eigenvalue weighted by molar-refractivity contribution is -0.119. The maximum absolute atomic E-state index is 12.4. The van der Waals surface area contributed by atoms with Crippen molar-refractivity contribution in [3.05, 3.63) is 51.9 Å². The van der Waals surface area contributed by atoms with Gasteiger partial charge in [0.25, 0.3) is 0 Å². The second kappa shape index (κ2) is 8.01. The molecular formula is C20H21ClN2O4S. The number of furan rings is 1. The fourth-order valence-electron chi connectivity index (χ4n) is 3.20. The Morgan fingerprint density at radius 1 is 1.18 bits per heavy atom. The molecule has 0 unspecified atom stereocenters. The Hall–Kier alpha value is -2.25. The second-order valence-corrected chi connectivity index (χ2v) is 9.03. The van der Waals surface area contributed by atoms with E-state index in [1.54, 1.807) is 19.1 Å². The van der Waals surface area contributed by atoms with Gasteiger partial charge >= 0.3 is 5.91 Å². The summed E-state index contributed by atoms with van der Waals surface area (Å²) in [7, 11) is 0. The molecule has 8 heteroatoms. The number of nitrogens with one attached hydrogen (secondary N) is 2. The van der Waals surface area contributed by atoms with E-state index in [0.717, 1.165) is 4.90 Å². The van der Waals surface area contributed by atoms with Gasteiger partial charge in [0.15, 0.2) is 11.5 Å². The smallest absolute Gasteiger partial charge is 0.305 e. The second-order valence-electron chi connectivity index (χ2n) is 7.54. The number of rotatable bonds is 4. The molecule has 3 rings (SSSR count). The van der Waals surface area contributed by atoms with Gasteiger partial charge in [-0.3, -0.25) is 25.2 Å². The predicted octanol–water partition coefficient (Wildman–Crippen LogP) is 3.95. The third kappa shape index (κ3) is 4.59. The molecule has 1 heterocycles. The van der Waals surface area contributed by atoms with Crippen LogP contribution in [0.3, 0.4) is 0 Å². The molecule has 0 spiro atoms. The summed E-state index contributed by atoms with van der Waals surface area (Å²) in [5.74, 6) is -0.241. The molecule has 0 saturated heterocycles. The zero-order chi connectivity index (χ0) is 20.5. The number of hydrogen-bond acceptors (Lipinski definition) is 5. The Bertz CT molecular complexity index is 934. The number of fused-ring (bicyclic) bond motifs is 1. The maximum Gasteiger partial charge on any atom is 0.305 e. The van der Waals surface area contributed by atoms with Gasteiger partial charge in [0, 0.05) is 28.3 Å². The molecule has 0 saturated carbocycles. The van der Waals surface area contributed by atoms with Crippen molar-refractivity contribution < 1.29 is 18.8 Å². The Morgan fingerprint density at radius 3 is 2.54 bits per heavy atom. The molecule has 0 radical (unpaired) electrons. The maximum atomic E-state index is 12.4. The summed E-state index contributed by atoms with van der Waals surface area (Å²) in [6.45, 7) is 5.67. The molecule has 28 heavy (non-hydrogen) atoms. The number of amides is 2. The normalized spacial score (nSPS) is 15.1. The minimum absolute atomic E-state index is 0.0186. The number of halogens is 1. The quantitative estimate of drug-likeness (QED) is 0.577. The summed E-state index contributed by atoms with van der Waals surface area (Å²) in [6.07, 6.45) is 1.01. The van der Waals surface area contributed by atoms with Gasteiger partial charge in [-0.1, -0.05) is 25.4 Å². The Kier molecular flexibility index (Phi) is 5.86. The average molecular weight is 421 g/mol. The first-order valence-corrected chi connectivity index (χ1v) is 10.2. The minimum Gasteiger partial charge on any atom is -0.455 e. The van der Waals surface area contributed by atoms with Crippen LogP contribution >= 0.6 is 23.4 Å². The van der Waals surface area contributed by atoms with Gasteiger partial charge < -0.3 is 4.42 Å². The van der Waals surface area contributed by atoms with Crippen LogP contribution in [0.5, 0.6) is 0 Å². The van der Waals surface area contributed by atoms with Gasteiger partial charge in [-0.05, 0) is 36.6 Å². The number of hydrazine groups is 1. The number of benzene rings is 1. The highest BCUT2D eigenvalue weighted by molar-refractivity contribution is 8.00. The summed E-state index contributed by atoms with van der Waals surface area (Å²) in [5.41, 5.74) is 5.53. The lowest BCUT2D eigenvalue weighted by Crippen LogP contribution is -2.42. The van der Waals surface area contributed by atoms with Gasteiger partial charge in [0.1, 0.15) is 5.76 Å². The topological polar surface area (TPSA) is 88.4 Å². The lowest BCUT2D eigenvalue weighted by Gasteiger charge is -2.27. The van der Waals surface area contributed by atoms with Crippen molar-refractivity contribution in [3.63, 3.8) is 0 Å². The first-order chi connectivity index (χ1) is 13.2. The summed E-state index contributed by atoms with van der Waals surface area (Å²) in [5, 5.41) is 0.624. The third-order valence-electron chi connectivity index (χ3n) is 4.48. The van der Waals surface area contributed by atoms with Crippen LogP contribution in [-0.4, -0.2) is 23.4 Å². The van der Waals surface area contributed by atoms with E-state index in [1.165, 1.54) is 11.8 Å². The molecule has 0 aliphatic heterocycles. The van der Waals surface area contributed by atoms with Crippen LogP contribution in [0.4, 0.5) is 0 Å². The summed E-state index contributed by atoms with van der Waals surface area (Å²) in [4.78, 5) is 37.7. The first-order valence-electron chi connectivity index (χ1n) is 8.79. The van der Waals surface area contributed by atoms with Crippen LogP contribution in [0, 0.1) is 12.3 Å². The molecule has 0 fully saturated rings. The molecule has 148 valence electrons. The van der Waals surface area contributed by atoms with Crippen molar-refractivity contribution in [3.8, 4) is 0 Å². The Morgan fingerprint density at radius 2 is 1.86 bits per heavy atom. The number of Topliss-reactive ketones (excluding diaryl/α,β-unsaturated/α-hetero) is 1. The van der Waals surface area contributed by atoms with E-state index in [-0.39, 0.29) is 28.6 Å². The van der Waals surface area contributed by atoms with Crippen LogP contribution < -0.4 is 10.9 Å². The zero-order valence-electron chi connectivity index (χ0n) is 15.8. The summed E-state index contributed by atoms with van der Waals surface area (Å²) in [6, 6.07) is 7.11. The van der Waals surface area contributed by atoms with Gasteiger partial charge in [0.2, 0.25) is 5.91 Å². The Balaban J connectivity index is 1.59. The van der Waals surface area contributed by atoms with Crippen molar-refractivity contribution >= 4 is 41.0 Å². The van der Waals surface area contributed by atoms with Crippen molar-refractivity contribution in [2.24, 2.45) is 5.41 Å². The Labute approximate surface area is 172 Å². The molecule has 1 aliphatic carbocycles. The third-order valence-corrected chi connectivity index (χ3v) is 5.75. The van der Waals surface area contributed by atoms with Crippen molar-refractivity contribution in [1.82, 2.24) is 10.9 Å². The van der Waals surface area contributed by atoms with E-state index in [2.05, 4.69) is 10.9 Å². The van der Waals surface area contributed by atoms with Crippen LogP contribution in [-0.2, 0) is 11.2 Å². The molecule has 2 amide bonds. The van der Waals surface area contributed by atoms with Gasteiger partial charge in [-0.25, -0.2) is 0 Å². The molecular weight excluding hydrogens is 400 g/mol. The van der Waals surface area contributed by atoms with Crippen LogP contribution in [0.25, 0.3) is 0 Å². The fourth-order valence-corrected chi connectivity index (χ4v) is 4.02. The van der Waals surface area contributed by atoms with E-state index < -0.39 is 5.91 Å². The predicted molar refractivity (Wildman–Crippen MR) is 108 cm³/mol. The van der Waals surface area contributed by atoms with Crippen LogP contribution in [0.15, 0.2) is 33.6 Å². The van der Waals surface area contributed by atoms with Crippen LogP contribution in [0.2, 0.25) is 5.02 Å². The highest BCUT2D eigenvalue weighted by Gasteiger charge is 2.37. The molecule has 2 aromatic rings. The molecule has 1 aromatic heterocycles. The largest absolute Gasteiger partial charge is 0.455 e. The molecule has 6 nitrogen and oxygen atoms in total. The highest BCUT2D eigenvalue weighted by Crippen LogP contribution is 2.38. The summed E-state index contributed by atoms with van der Waals surface area (Å²) >= 11 is 7.15. The molecule has 1 aromatic carbocycles. The van der Waals surface area contributed by atoms with Crippen molar-refractivity contribution in [2.45, 2.75) is 38.5 Å². The molecule has 1 aliphatic rings. The SMILES string of the molecule is Cc1c(C(=O)NNC(=O)CSc2ccc(Cl)cc2)oc2c1C(=O)CC(C)(C)C2. The van der Waals surface area contributed by atoms with E-state index >= 15 is 0 Å². The fraction of sp³-hybridized carbons (Fsp3) is 0.350. The van der Waals surface area contributed by atoms with Crippen molar-refractivity contribution in [1.29, 1.82) is 0 Å². The number of hydrogen-bond donors (Lipinski definition) is 2. The van der Waals surface area contributed by atoms with Gasteiger partial charge in [-0.2, -0.15) is 0 Å². The number of thioether (sulfide) groups is 1. The number of carbonyl (C=O) groups excluding carboxylic acids is 3. The van der Waals surface area contributed by atoms with E-state index in [9.17, 15) is 14.4 Å². The lowest BCUT2D eigenvalue weighted by atomic mass is 9.76. The zero-order valence-corrected chi connectivity index (χ0v) is 17.4. The molecule has 0 atom stereocenters. The molecule has 0 bridgehead atoms. The average Bonchev–Trinajstić information content (AvgIpc) is 2.94. The minimum atomic E-state index is -0.581. The van der Waals surface area contributed by atoms with Crippen molar-refractivity contribution in [2.75, 3.05) is 5.75 Å². The number of carbonyl (C=O) groups is 3. The molecule has 2 N–H and O–H groups in total. The monoisotopic (exact) mass is 420 g/mol. The van der Waals surface area contributed by atoms with Gasteiger partial charge in [0.05, 0.1) is 11.3 Å². The van der Waals surface area contributed by atoms with Crippen LogP contribution in [0.1, 0.15) is 52.5 Å². The van der Waals surface area contributed by atoms with E-state index in [0.29, 0.717) is 34.8 Å².